The average molecular weight is 418 g/mol. The van der Waals surface area contributed by atoms with Crippen LogP contribution in [0.3, 0.4) is 0 Å². The van der Waals surface area contributed by atoms with E-state index in [-0.39, 0.29) is 0 Å². The van der Waals surface area contributed by atoms with Gasteiger partial charge in [-0.25, -0.2) is 9.97 Å². The summed E-state index contributed by atoms with van der Waals surface area (Å²) in [4.78, 5) is 9.26. The molecule has 0 radical (unpaired) electrons. The fourth-order valence-electron chi connectivity index (χ4n) is 2.22. The number of rotatable bonds is 4. The smallest absolute Gasteiger partial charge is 0.113 e. The maximum Gasteiger partial charge on any atom is 0.113 e. The topological polar surface area (TPSA) is 30.7 Å². The van der Waals surface area contributed by atoms with E-state index < -0.39 is 0 Å². The molecule has 3 nitrogen and oxygen atoms in total. The van der Waals surface area contributed by atoms with Crippen molar-refractivity contribution in [3.8, 4) is 0 Å². The normalized spacial score (nSPS) is 11.3. The second kappa shape index (κ2) is 5.99. The molecule has 0 N–H and O–H groups in total. The van der Waals surface area contributed by atoms with Gasteiger partial charge in [0, 0.05) is 26.9 Å². The summed E-state index contributed by atoms with van der Waals surface area (Å²) in [5, 5.41) is 3.19. The molecule has 3 aromatic rings. The van der Waals surface area contributed by atoms with E-state index in [1.54, 1.807) is 11.3 Å². The zero-order valence-corrected chi connectivity index (χ0v) is 14.7. The molecule has 0 bridgehead atoms. The van der Waals surface area contributed by atoms with Gasteiger partial charge in [0.05, 0.1) is 17.6 Å². The molecule has 0 amide bonds. The molecule has 0 unspecified atom stereocenters. The molecule has 0 saturated carbocycles. The molecule has 2 heterocycles. The van der Waals surface area contributed by atoms with Crippen LogP contribution in [-0.4, -0.2) is 20.4 Å². The molecular formula is C14H13ClIN3S. The van der Waals surface area contributed by atoms with Crippen molar-refractivity contribution in [1.82, 2.24) is 14.5 Å². The van der Waals surface area contributed by atoms with Crippen molar-refractivity contribution >= 4 is 56.6 Å². The first-order valence-corrected chi connectivity index (χ1v) is 8.78. The Balaban J connectivity index is 2.08. The number of nitrogens with zero attached hydrogens (tertiary/aromatic N) is 3. The Hall–Kier alpha value is -0.660. The Morgan fingerprint density at radius 3 is 2.90 bits per heavy atom. The van der Waals surface area contributed by atoms with Gasteiger partial charge in [0.2, 0.25) is 0 Å². The number of hydrogen-bond acceptors (Lipinski definition) is 3. The summed E-state index contributed by atoms with van der Waals surface area (Å²) in [5.41, 5.74) is 3.26. The summed E-state index contributed by atoms with van der Waals surface area (Å²) in [7, 11) is 0. The van der Waals surface area contributed by atoms with Gasteiger partial charge in [0.25, 0.3) is 0 Å². The van der Waals surface area contributed by atoms with Gasteiger partial charge in [-0.3, -0.25) is 0 Å². The van der Waals surface area contributed by atoms with Gasteiger partial charge in [0.15, 0.2) is 0 Å². The van der Waals surface area contributed by atoms with Crippen molar-refractivity contribution in [1.29, 1.82) is 0 Å². The van der Waals surface area contributed by atoms with Crippen molar-refractivity contribution in [3.05, 3.63) is 43.7 Å². The number of imidazole rings is 1. The second-order valence-electron chi connectivity index (χ2n) is 4.57. The number of aryl methyl sites for hydroxylation is 2. The Labute approximate surface area is 140 Å². The van der Waals surface area contributed by atoms with E-state index in [1.807, 2.05) is 6.92 Å². The minimum Gasteiger partial charge on any atom is -0.321 e. The van der Waals surface area contributed by atoms with Gasteiger partial charge in [0.1, 0.15) is 10.8 Å². The standard InChI is InChI=1S/C14H13ClIN3S/c1-9-8-20-14(17-9)7-19-12-3-2-10(16)6-11(12)18-13(19)4-5-15/h2-3,6,8H,4-5,7H2,1H3. The lowest BCUT2D eigenvalue weighted by molar-refractivity contribution is 0.748. The van der Waals surface area contributed by atoms with E-state index in [0.29, 0.717) is 5.88 Å². The first-order valence-electron chi connectivity index (χ1n) is 6.29. The van der Waals surface area contributed by atoms with Gasteiger partial charge in [-0.1, -0.05) is 0 Å². The van der Waals surface area contributed by atoms with Gasteiger partial charge in [-0.15, -0.1) is 22.9 Å². The summed E-state index contributed by atoms with van der Waals surface area (Å²) >= 11 is 9.91. The lowest BCUT2D eigenvalue weighted by Gasteiger charge is -2.06. The van der Waals surface area contributed by atoms with Crippen LogP contribution >= 0.6 is 45.5 Å². The van der Waals surface area contributed by atoms with Crippen LogP contribution in [0.15, 0.2) is 23.6 Å². The van der Waals surface area contributed by atoms with Crippen LogP contribution in [0.1, 0.15) is 16.5 Å². The molecule has 6 heteroatoms. The zero-order chi connectivity index (χ0) is 14.1. The van der Waals surface area contributed by atoms with Gasteiger partial charge in [-0.2, -0.15) is 0 Å². The van der Waals surface area contributed by atoms with Crippen molar-refractivity contribution in [2.45, 2.75) is 19.9 Å². The molecule has 0 spiro atoms. The predicted octanol–water partition coefficient (Wildman–Crippen LogP) is 4.24. The van der Waals surface area contributed by atoms with Crippen LogP contribution in [0.2, 0.25) is 0 Å². The molecule has 104 valence electrons. The first kappa shape index (κ1) is 14.3. The van der Waals surface area contributed by atoms with Crippen LogP contribution < -0.4 is 0 Å². The number of hydrogen-bond donors (Lipinski definition) is 0. The number of alkyl halides is 1. The van der Waals surface area contributed by atoms with E-state index in [0.717, 1.165) is 40.5 Å². The van der Waals surface area contributed by atoms with E-state index >= 15 is 0 Å². The van der Waals surface area contributed by atoms with Crippen molar-refractivity contribution in [2.75, 3.05) is 5.88 Å². The van der Waals surface area contributed by atoms with Crippen LogP contribution in [0.25, 0.3) is 11.0 Å². The number of aromatic nitrogens is 3. The number of thiazole rings is 1. The molecule has 0 atom stereocenters. The van der Waals surface area contributed by atoms with Crippen molar-refractivity contribution in [3.63, 3.8) is 0 Å². The van der Waals surface area contributed by atoms with E-state index in [9.17, 15) is 0 Å². The van der Waals surface area contributed by atoms with Crippen LogP contribution in [-0.2, 0) is 13.0 Å². The Morgan fingerprint density at radius 1 is 1.35 bits per heavy atom. The van der Waals surface area contributed by atoms with Gasteiger partial charge >= 0.3 is 0 Å². The maximum atomic E-state index is 5.91. The maximum absolute atomic E-state index is 5.91. The van der Waals surface area contributed by atoms with E-state index in [2.05, 4.69) is 55.7 Å². The highest BCUT2D eigenvalue weighted by atomic mass is 127. The van der Waals surface area contributed by atoms with Crippen LogP contribution in [0, 0.1) is 10.5 Å². The Kier molecular flexibility index (Phi) is 4.28. The molecule has 0 saturated heterocycles. The largest absolute Gasteiger partial charge is 0.321 e. The third-order valence-electron chi connectivity index (χ3n) is 3.07. The highest BCUT2D eigenvalue weighted by Gasteiger charge is 2.12. The summed E-state index contributed by atoms with van der Waals surface area (Å²) in [6, 6.07) is 6.35. The number of halogens is 2. The molecular weight excluding hydrogens is 405 g/mol. The molecule has 1 aromatic carbocycles. The third kappa shape index (κ3) is 2.84. The molecule has 0 fully saturated rings. The SMILES string of the molecule is Cc1csc(Cn2c(CCCl)nc3cc(I)ccc32)n1. The highest BCUT2D eigenvalue weighted by Crippen LogP contribution is 2.22. The molecule has 0 aliphatic rings. The quantitative estimate of drug-likeness (QED) is 0.470. The van der Waals surface area contributed by atoms with Crippen LogP contribution in [0.5, 0.6) is 0 Å². The van der Waals surface area contributed by atoms with Gasteiger partial charge < -0.3 is 4.57 Å². The molecule has 0 aliphatic heterocycles. The monoisotopic (exact) mass is 417 g/mol. The number of benzene rings is 1. The fourth-order valence-corrected chi connectivity index (χ4v) is 3.62. The molecule has 2 aromatic heterocycles. The summed E-state index contributed by atoms with van der Waals surface area (Å²) < 4.78 is 3.42. The number of fused-ring (bicyclic) bond motifs is 1. The lowest BCUT2D eigenvalue weighted by atomic mass is 10.3. The van der Waals surface area contributed by atoms with E-state index in [1.165, 1.54) is 3.57 Å². The summed E-state index contributed by atoms with van der Waals surface area (Å²) in [5.74, 6) is 1.61. The Morgan fingerprint density at radius 2 is 2.20 bits per heavy atom. The zero-order valence-electron chi connectivity index (χ0n) is 10.9. The Bertz CT molecular complexity index is 750. The first-order chi connectivity index (χ1) is 9.67. The fraction of sp³-hybridized carbons (Fsp3) is 0.286. The lowest BCUT2D eigenvalue weighted by Crippen LogP contribution is -2.05. The van der Waals surface area contributed by atoms with Gasteiger partial charge in [-0.05, 0) is 47.7 Å². The van der Waals surface area contributed by atoms with Crippen molar-refractivity contribution < 1.29 is 0 Å². The molecule has 20 heavy (non-hydrogen) atoms. The second-order valence-corrected chi connectivity index (χ2v) is 7.14. The summed E-state index contributed by atoms with van der Waals surface area (Å²) in [6.45, 7) is 2.79. The van der Waals surface area contributed by atoms with Crippen molar-refractivity contribution in [2.24, 2.45) is 0 Å². The average Bonchev–Trinajstić information content (AvgIpc) is 2.95. The minimum absolute atomic E-state index is 0.581. The van der Waals surface area contributed by atoms with E-state index in [4.69, 9.17) is 16.6 Å². The summed E-state index contributed by atoms with van der Waals surface area (Å²) in [6.07, 6.45) is 0.775. The third-order valence-corrected chi connectivity index (χ3v) is 4.88. The predicted molar refractivity (Wildman–Crippen MR) is 92.8 cm³/mol. The highest BCUT2D eigenvalue weighted by molar-refractivity contribution is 14.1. The molecule has 0 aliphatic carbocycles. The van der Waals surface area contributed by atoms with Crippen LogP contribution in [0.4, 0.5) is 0 Å². The molecule has 3 rings (SSSR count). The minimum atomic E-state index is 0.581.